The smallest absolute Gasteiger partial charge is 0.231 e. The van der Waals surface area contributed by atoms with E-state index in [4.69, 9.17) is 14.5 Å². The van der Waals surface area contributed by atoms with Gasteiger partial charge in [0.15, 0.2) is 17.5 Å². The van der Waals surface area contributed by atoms with E-state index in [2.05, 4.69) is 52.8 Å². The van der Waals surface area contributed by atoms with Crippen LogP contribution in [0.3, 0.4) is 0 Å². The molecular weight excluding hydrogens is 404 g/mol. The van der Waals surface area contributed by atoms with Crippen molar-refractivity contribution in [3.8, 4) is 11.5 Å². The van der Waals surface area contributed by atoms with Gasteiger partial charge in [0, 0.05) is 32.7 Å². The molecule has 0 aromatic heterocycles. The fourth-order valence-electron chi connectivity index (χ4n) is 4.02. The Kier molecular flexibility index (Phi) is 7.85. The van der Waals surface area contributed by atoms with Crippen LogP contribution in [0, 0.1) is 0 Å². The molecule has 3 N–H and O–H groups in total. The fraction of sp³-hybridized carbons (Fsp3) is 0.480. The van der Waals surface area contributed by atoms with Crippen molar-refractivity contribution in [1.82, 2.24) is 15.5 Å². The number of nitrogens with one attached hydrogen (secondary N) is 2. The molecule has 32 heavy (non-hydrogen) atoms. The van der Waals surface area contributed by atoms with E-state index in [1.807, 2.05) is 12.1 Å². The van der Waals surface area contributed by atoms with Crippen molar-refractivity contribution in [3.05, 3.63) is 59.2 Å². The average molecular weight is 439 g/mol. The Balaban J connectivity index is 1.25. The molecule has 4 rings (SSSR count). The normalized spacial score (nSPS) is 16.9. The van der Waals surface area contributed by atoms with Gasteiger partial charge in [-0.25, -0.2) is 4.99 Å². The third-order valence-corrected chi connectivity index (χ3v) is 5.89. The summed E-state index contributed by atoms with van der Waals surface area (Å²) in [6.07, 6.45) is 2.51. The Morgan fingerprint density at radius 2 is 1.72 bits per heavy atom. The van der Waals surface area contributed by atoms with Gasteiger partial charge >= 0.3 is 0 Å². The highest BCUT2D eigenvalue weighted by molar-refractivity contribution is 5.79. The number of aliphatic imine (C=N–C) groups is 1. The number of benzene rings is 2. The van der Waals surface area contributed by atoms with Crippen LogP contribution in [0.1, 0.15) is 36.5 Å². The molecule has 2 aromatic carbocycles. The average Bonchev–Trinajstić information content (AvgIpc) is 3.28. The number of aliphatic hydroxyl groups is 1. The van der Waals surface area contributed by atoms with Crippen LogP contribution in [0.25, 0.3) is 0 Å². The molecule has 0 atom stereocenters. The van der Waals surface area contributed by atoms with Gasteiger partial charge in [0.2, 0.25) is 6.79 Å². The van der Waals surface area contributed by atoms with Gasteiger partial charge in [0.1, 0.15) is 0 Å². The number of piperidine rings is 1. The van der Waals surface area contributed by atoms with E-state index in [0.717, 1.165) is 69.4 Å². The molecule has 1 saturated heterocycles. The van der Waals surface area contributed by atoms with E-state index >= 15 is 0 Å². The first-order valence-electron chi connectivity index (χ1n) is 11.6. The number of aliphatic hydroxyl groups excluding tert-OH is 1. The molecule has 0 aliphatic carbocycles. The number of fused-ring (bicyclic) bond motifs is 1. The summed E-state index contributed by atoms with van der Waals surface area (Å²) in [6.45, 7) is 7.50. The second kappa shape index (κ2) is 11.2. The van der Waals surface area contributed by atoms with E-state index in [9.17, 15) is 5.11 Å². The lowest BCUT2D eigenvalue weighted by Gasteiger charge is -2.29. The molecule has 1 fully saturated rings. The van der Waals surface area contributed by atoms with Gasteiger partial charge < -0.3 is 25.2 Å². The molecule has 172 valence electrons. The van der Waals surface area contributed by atoms with Crippen molar-refractivity contribution in [2.24, 2.45) is 4.99 Å². The summed E-state index contributed by atoms with van der Waals surface area (Å²) in [6, 6.07) is 14.8. The lowest BCUT2D eigenvalue weighted by molar-refractivity contribution is 0.0792. The summed E-state index contributed by atoms with van der Waals surface area (Å²) in [5.74, 6) is 2.46. The molecule has 2 heterocycles. The number of guanidine groups is 1. The van der Waals surface area contributed by atoms with Crippen molar-refractivity contribution in [3.63, 3.8) is 0 Å². The Morgan fingerprint density at radius 1 is 1.00 bits per heavy atom. The van der Waals surface area contributed by atoms with Gasteiger partial charge in [-0.05, 0) is 55.0 Å². The zero-order chi connectivity index (χ0) is 22.2. The Labute approximate surface area is 190 Å². The predicted octanol–water partition coefficient (Wildman–Crippen LogP) is 2.67. The van der Waals surface area contributed by atoms with Crippen LogP contribution in [0.4, 0.5) is 0 Å². The van der Waals surface area contributed by atoms with E-state index in [1.165, 1.54) is 16.7 Å². The molecule has 0 radical (unpaired) electrons. The topological polar surface area (TPSA) is 78.4 Å². The van der Waals surface area contributed by atoms with Crippen molar-refractivity contribution in [2.45, 2.75) is 45.4 Å². The zero-order valence-corrected chi connectivity index (χ0v) is 18.8. The van der Waals surface area contributed by atoms with Gasteiger partial charge in [-0.15, -0.1) is 0 Å². The van der Waals surface area contributed by atoms with Crippen LogP contribution in [0.5, 0.6) is 11.5 Å². The Hall–Kier alpha value is -2.77. The minimum atomic E-state index is -0.122. The van der Waals surface area contributed by atoms with Crippen LogP contribution in [0.2, 0.25) is 0 Å². The van der Waals surface area contributed by atoms with E-state index in [0.29, 0.717) is 13.3 Å². The molecule has 7 nitrogen and oxygen atoms in total. The first-order valence-corrected chi connectivity index (χ1v) is 11.6. The molecule has 0 unspecified atom stereocenters. The summed E-state index contributed by atoms with van der Waals surface area (Å²) < 4.78 is 10.8. The Bertz CT molecular complexity index is 893. The fourth-order valence-corrected chi connectivity index (χ4v) is 4.02. The maximum atomic E-state index is 9.66. The number of likely N-dealkylation sites (tertiary alicyclic amines) is 1. The van der Waals surface area contributed by atoms with Crippen molar-refractivity contribution >= 4 is 5.96 Å². The first-order chi connectivity index (χ1) is 15.7. The first kappa shape index (κ1) is 22.4. The van der Waals surface area contributed by atoms with E-state index in [-0.39, 0.29) is 6.10 Å². The van der Waals surface area contributed by atoms with Crippen molar-refractivity contribution < 1.29 is 14.6 Å². The minimum Gasteiger partial charge on any atom is -0.454 e. The van der Waals surface area contributed by atoms with Crippen LogP contribution >= 0.6 is 0 Å². The van der Waals surface area contributed by atoms with Gasteiger partial charge in [-0.1, -0.05) is 30.3 Å². The van der Waals surface area contributed by atoms with Gasteiger partial charge in [0.05, 0.1) is 12.6 Å². The van der Waals surface area contributed by atoms with Gasteiger partial charge in [0.25, 0.3) is 0 Å². The summed E-state index contributed by atoms with van der Waals surface area (Å²) in [5.41, 5.74) is 3.70. The molecule has 2 aromatic rings. The second-order valence-corrected chi connectivity index (χ2v) is 8.38. The van der Waals surface area contributed by atoms with E-state index in [1.54, 1.807) is 0 Å². The Morgan fingerprint density at radius 3 is 2.50 bits per heavy atom. The van der Waals surface area contributed by atoms with Gasteiger partial charge in [-0.3, -0.25) is 4.90 Å². The zero-order valence-electron chi connectivity index (χ0n) is 18.8. The standard InChI is InChI=1S/C25H34N4O3/c1-2-26-25(27-12-9-19-7-8-23-24(15-19)32-18-31-23)28-16-20-3-5-21(6-4-20)17-29-13-10-22(30)11-14-29/h3-8,15,22,30H,2,9-14,16-18H2,1H3,(H2,26,27,28). The molecule has 0 saturated carbocycles. The lowest BCUT2D eigenvalue weighted by Crippen LogP contribution is -2.38. The molecule has 0 amide bonds. The van der Waals surface area contributed by atoms with Crippen LogP contribution in [0.15, 0.2) is 47.5 Å². The number of hydrogen-bond acceptors (Lipinski definition) is 5. The molecule has 2 aliphatic rings. The largest absolute Gasteiger partial charge is 0.454 e. The molecular formula is C25H34N4O3. The highest BCUT2D eigenvalue weighted by Gasteiger charge is 2.16. The summed E-state index contributed by atoms with van der Waals surface area (Å²) in [7, 11) is 0. The summed E-state index contributed by atoms with van der Waals surface area (Å²) in [5, 5.41) is 16.4. The lowest BCUT2D eigenvalue weighted by atomic mass is 10.1. The molecule has 7 heteroatoms. The van der Waals surface area contributed by atoms with E-state index < -0.39 is 0 Å². The molecule has 0 bridgehead atoms. The number of rotatable bonds is 8. The van der Waals surface area contributed by atoms with Crippen molar-refractivity contribution in [2.75, 3.05) is 33.0 Å². The van der Waals surface area contributed by atoms with Crippen LogP contribution in [-0.2, 0) is 19.5 Å². The predicted molar refractivity (Wildman–Crippen MR) is 126 cm³/mol. The number of ether oxygens (including phenoxy) is 2. The maximum absolute atomic E-state index is 9.66. The number of nitrogens with zero attached hydrogens (tertiary/aromatic N) is 2. The molecule has 2 aliphatic heterocycles. The molecule has 0 spiro atoms. The highest BCUT2D eigenvalue weighted by Crippen LogP contribution is 2.32. The SMILES string of the molecule is CCNC(=NCc1ccc(CN2CCC(O)CC2)cc1)NCCc1ccc2c(c1)OCO2. The van der Waals surface area contributed by atoms with Gasteiger partial charge in [-0.2, -0.15) is 0 Å². The maximum Gasteiger partial charge on any atom is 0.231 e. The second-order valence-electron chi connectivity index (χ2n) is 8.38. The van der Waals surface area contributed by atoms with Crippen LogP contribution in [-0.4, -0.2) is 55.0 Å². The third-order valence-electron chi connectivity index (χ3n) is 5.89. The summed E-state index contributed by atoms with van der Waals surface area (Å²) in [4.78, 5) is 7.15. The summed E-state index contributed by atoms with van der Waals surface area (Å²) >= 11 is 0. The number of hydrogen-bond donors (Lipinski definition) is 3. The van der Waals surface area contributed by atoms with Crippen LogP contribution < -0.4 is 20.1 Å². The highest BCUT2D eigenvalue weighted by atomic mass is 16.7. The quantitative estimate of drug-likeness (QED) is 0.435. The third kappa shape index (κ3) is 6.37. The van der Waals surface area contributed by atoms with Crippen molar-refractivity contribution in [1.29, 1.82) is 0 Å². The monoisotopic (exact) mass is 438 g/mol. The minimum absolute atomic E-state index is 0.122.